The molecule has 5 aliphatic rings. The fourth-order valence-electron chi connectivity index (χ4n) is 6.77. The molecule has 0 saturated carbocycles. The lowest BCUT2D eigenvalue weighted by Crippen LogP contribution is -3.49. The molecule has 4 bridgehead atoms. The third-order valence-electron chi connectivity index (χ3n) is 8.13. The van der Waals surface area contributed by atoms with E-state index in [2.05, 4.69) is 39.0 Å². The largest absolute Gasteiger partial charge is 0.353 e. The Balaban J connectivity index is 1.74. The van der Waals surface area contributed by atoms with E-state index in [1.807, 2.05) is 11.9 Å². The van der Waals surface area contributed by atoms with Crippen molar-refractivity contribution in [3.8, 4) is 0 Å². The van der Waals surface area contributed by atoms with Crippen molar-refractivity contribution in [3.05, 3.63) is 29.3 Å². The van der Waals surface area contributed by atoms with Gasteiger partial charge in [-0.25, -0.2) is 0 Å². The molecule has 0 radical (unpaired) electrons. The fraction of sp³-hybridized carbons (Fsp3) is 0.619. The number of hydrogen-bond donors (Lipinski definition) is 2. The first-order valence-electron chi connectivity index (χ1n) is 9.99. The van der Waals surface area contributed by atoms with Crippen LogP contribution in [0.3, 0.4) is 0 Å². The van der Waals surface area contributed by atoms with Gasteiger partial charge in [0, 0.05) is 7.05 Å². The Labute approximate surface area is 154 Å². The van der Waals surface area contributed by atoms with Crippen LogP contribution in [0.2, 0.25) is 0 Å². The molecule has 138 valence electrons. The normalized spacial score (nSPS) is 42.8. The van der Waals surface area contributed by atoms with Crippen molar-refractivity contribution in [2.24, 2.45) is 10.8 Å². The molecule has 1 aromatic carbocycles. The minimum absolute atomic E-state index is 0.215. The SMILES string of the molecule is CCC12C[NH+]3CC(CC)(C[NH+](C1)C31C(=O)N(C)c3ccc(C)cc31)C2=O. The van der Waals surface area contributed by atoms with Crippen LogP contribution in [0.15, 0.2) is 18.2 Å². The molecule has 5 nitrogen and oxygen atoms in total. The first kappa shape index (κ1) is 16.5. The minimum atomic E-state index is -0.547. The monoisotopic (exact) mass is 355 g/mol. The summed E-state index contributed by atoms with van der Waals surface area (Å²) < 4.78 is 0. The van der Waals surface area contributed by atoms with Crippen LogP contribution < -0.4 is 14.7 Å². The third-order valence-corrected chi connectivity index (χ3v) is 8.13. The Kier molecular flexibility index (Phi) is 3.01. The maximum absolute atomic E-state index is 13.7. The number of aryl methyl sites for hydroxylation is 1. The third kappa shape index (κ3) is 1.53. The molecule has 0 aliphatic carbocycles. The van der Waals surface area contributed by atoms with Gasteiger partial charge in [0.25, 0.3) is 0 Å². The molecule has 26 heavy (non-hydrogen) atoms. The Morgan fingerprint density at radius 3 is 2.04 bits per heavy atom. The van der Waals surface area contributed by atoms with E-state index in [1.54, 1.807) is 0 Å². The summed E-state index contributed by atoms with van der Waals surface area (Å²) in [6.45, 7) is 9.64. The standard InChI is InChI=1S/C21H27N3O2/c1-5-19-10-23-12-20(6-2,17(19)25)13-24(11-19)21(23)15-9-14(3)7-8-16(15)22(4)18(21)26/h7-9H,5-6,10-13H2,1-4H3/p+2. The zero-order valence-corrected chi connectivity index (χ0v) is 16.2. The highest BCUT2D eigenvalue weighted by Crippen LogP contribution is 2.45. The van der Waals surface area contributed by atoms with Crippen LogP contribution in [0, 0.1) is 17.8 Å². The number of likely N-dealkylation sites (N-methyl/N-ethyl adjacent to an activating group) is 1. The summed E-state index contributed by atoms with van der Waals surface area (Å²) in [5.41, 5.74) is 2.40. The Hall–Kier alpha value is -1.72. The minimum Gasteiger partial charge on any atom is -0.303 e. The molecule has 0 atom stereocenters. The number of rotatable bonds is 2. The summed E-state index contributed by atoms with van der Waals surface area (Å²) in [7, 11) is 1.91. The number of benzene rings is 1. The predicted octanol–water partition coefficient (Wildman–Crippen LogP) is -0.703. The van der Waals surface area contributed by atoms with Crippen molar-refractivity contribution >= 4 is 17.4 Å². The van der Waals surface area contributed by atoms with Crippen molar-refractivity contribution in [3.63, 3.8) is 0 Å². The summed E-state index contributed by atoms with van der Waals surface area (Å²) in [5, 5.41) is 0. The summed E-state index contributed by atoms with van der Waals surface area (Å²) in [6, 6.07) is 6.41. The summed E-state index contributed by atoms with van der Waals surface area (Å²) in [4.78, 5) is 31.6. The molecular formula is C21H29N3O2+2. The summed E-state index contributed by atoms with van der Waals surface area (Å²) >= 11 is 0. The zero-order chi connectivity index (χ0) is 18.5. The lowest BCUT2D eigenvalue weighted by atomic mass is 9.57. The molecule has 2 N–H and O–H groups in total. The number of nitrogens with one attached hydrogen (secondary N) is 2. The molecule has 0 unspecified atom stereocenters. The van der Waals surface area contributed by atoms with Crippen LogP contribution >= 0.6 is 0 Å². The molecule has 1 amide bonds. The second-order valence-electron chi connectivity index (χ2n) is 9.15. The fourth-order valence-corrected chi connectivity index (χ4v) is 6.77. The number of quaternary nitrogens is 2. The van der Waals surface area contributed by atoms with Crippen molar-refractivity contribution < 1.29 is 19.4 Å². The van der Waals surface area contributed by atoms with Crippen molar-refractivity contribution in [1.29, 1.82) is 0 Å². The topological polar surface area (TPSA) is 46.3 Å². The first-order chi connectivity index (χ1) is 12.3. The van der Waals surface area contributed by atoms with Crippen LogP contribution in [0.5, 0.6) is 0 Å². The van der Waals surface area contributed by atoms with Crippen molar-refractivity contribution in [1.82, 2.24) is 0 Å². The van der Waals surface area contributed by atoms with Crippen molar-refractivity contribution in [2.75, 3.05) is 38.1 Å². The lowest BCUT2D eigenvalue weighted by molar-refractivity contribution is -1.20. The van der Waals surface area contributed by atoms with E-state index in [0.717, 1.165) is 44.7 Å². The average Bonchev–Trinajstić information content (AvgIpc) is 2.84. The van der Waals surface area contributed by atoms with Gasteiger partial charge in [-0.1, -0.05) is 25.5 Å². The number of hydrogen-bond acceptors (Lipinski definition) is 2. The Bertz CT molecular complexity index is 804. The van der Waals surface area contributed by atoms with E-state index in [9.17, 15) is 9.59 Å². The highest BCUT2D eigenvalue weighted by atomic mass is 16.2. The number of amides is 1. The van der Waals surface area contributed by atoms with Crippen LogP contribution in [0.1, 0.15) is 37.8 Å². The maximum atomic E-state index is 13.7. The number of anilines is 1. The van der Waals surface area contributed by atoms with E-state index in [-0.39, 0.29) is 16.7 Å². The Morgan fingerprint density at radius 1 is 1.00 bits per heavy atom. The molecule has 5 heteroatoms. The first-order valence-corrected chi connectivity index (χ1v) is 9.99. The Morgan fingerprint density at radius 2 is 1.54 bits per heavy atom. The number of carbonyl (C=O) groups is 2. The van der Waals surface area contributed by atoms with Gasteiger partial charge >= 0.3 is 11.6 Å². The molecule has 5 aliphatic heterocycles. The molecule has 0 aromatic heterocycles. The van der Waals surface area contributed by atoms with Crippen LogP contribution in [-0.4, -0.2) is 44.9 Å². The highest BCUT2D eigenvalue weighted by molar-refractivity contribution is 6.05. The molecule has 6 rings (SSSR count). The van der Waals surface area contributed by atoms with Gasteiger partial charge < -0.3 is 4.90 Å². The molecule has 5 heterocycles. The maximum Gasteiger partial charge on any atom is 0.353 e. The molecule has 1 spiro atoms. The number of carbonyl (C=O) groups excluding carboxylic acids is 2. The van der Waals surface area contributed by atoms with E-state index in [4.69, 9.17) is 0 Å². The quantitative estimate of drug-likeness (QED) is 0.737. The molecule has 4 fully saturated rings. The summed E-state index contributed by atoms with van der Waals surface area (Å²) in [6.07, 6.45) is 1.78. The number of fused-ring (bicyclic) bond motifs is 1. The van der Waals surface area contributed by atoms with Gasteiger partial charge in [0.05, 0.1) is 5.69 Å². The van der Waals surface area contributed by atoms with Gasteiger partial charge in [-0.15, -0.1) is 0 Å². The van der Waals surface area contributed by atoms with Crippen LogP contribution in [-0.2, 0) is 15.3 Å². The molecule has 4 saturated heterocycles. The van der Waals surface area contributed by atoms with E-state index < -0.39 is 5.66 Å². The van der Waals surface area contributed by atoms with E-state index in [0.29, 0.717) is 5.78 Å². The number of piperidine rings is 2. The van der Waals surface area contributed by atoms with Crippen molar-refractivity contribution in [2.45, 2.75) is 39.3 Å². The highest BCUT2D eigenvalue weighted by Gasteiger charge is 2.79. The number of ketones is 1. The van der Waals surface area contributed by atoms with Gasteiger partial charge in [0.15, 0.2) is 5.78 Å². The predicted molar refractivity (Wildman–Crippen MR) is 98.1 cm³/mol. The summed E-state index contributed by atoms with van der Waals surface area (Å²) in [5.74, 6) is 0.701. The smallest absolute Gasteiger partial charge is 0.303 e. The van der Waals surface area contributed by atoms with Crippen LogP contribution in [0.25, 0.3) is 0 Å². The van der Waals surface area contributed by atoms with E-state index in [1.165, 1.54) is 20.9 Å². The van der Waals surface area contributed by atoms with Gasteiger partial charge in [0.1, 0.15) is 42.6 Å². The second-order valence-corrected chi connectivity index (χ2v) is 9.15. The second kappa shape index (κ2) is 4.76. The number of nitrogens with zero attached hydrogens (tertiary/aromatic N) is 1. The lowest BCUT2D eigenvalue weighted by Gasteiger charge is -2.63. The average molecular weight is 355 g/mol. The molecular weight excluding hydrogens is 326 g/mol. The molecule has 1 aromatic rings. The number of Topliss-reactive ketones (excluding diaryl/α,β-unsaturated/α-hetero) is 1. The van der Waals surface area contributed by atoms with Gasteiger partial charge in [-0.3, -0.25) is 19.4 Å². The van der Waals surface area contributed by atoms with Gasteiger partial charge in [0.2, 0.25) is 0 Å². The van der Waals surface area contributed by atoms with Gasteiger partial charge in [-0.05, 0) is 31.9 Å². The van der Waals surface area contributed by atoms with Crippen LogP contribution in [0.4, 0.5) is 5.69 Å². The van der Waals surface area contributed by atoms with Gasteiger partial charge in [-0.2, -0.15) is 0 Å². The van der Waals surface area contributed by atoms with E-state index >= 15 is 0 Å². The zero-order valence-electron chi connectivity index (χ0n) is 16.2.